The maximum Gasteiger partial charge on any atom is 0.307 e. The van der Waals surface area contributed by atoms with Crippen molar-refractivity contribution in [1.82, 2.24) is 4.90 Å². The third kappa shape index (κ3) is 6.22. The molecule has 4 rings (SSSR count). The second kappa shape index (κ2) is 11.5. The maximum absolute atomic E-state index is 13.1. The summed E-state index contributed by atoms with van der Waals surface area (Å²) in [5.74, 6) is -1.24. The van der Waals surface area contributed by atoms with Gasteiger partial charge in [0.2, 0.25) is 5.91 Å². The number of anilines is 3. The minimum Gasteiger partial charge on any atom is -0.481 e. The monoisotopic (exact) mass is 532 g/mol. The minimum atomic E-state index is -0.916. The molecular formula is C29H29ClN4O4. The summed E-state index contributed by atoms with van der Waals surface area (Å²) in [5, 5.41) is 15.9. The molecule has 1 aliphatic rings. The molecule has 3 aromatic rings. The van der Waals surface area contributed by atoms with E-state index in [4.69, 9.17) is 16.7 Å². The van der Waals surface area contributed by atoms with Crippen LogP contribution in [0.2, 0.25) is 5.02 Å². The lowest BCUT2D eigenvalue weighted by Crippen LogP contribution is -2.35. The van der Waals surface area contributed by atoms with Gasteiger partial charge in [-0.15, -0.1) is 0 Å². The predicted molar refractivity (Wildman–Crippen MR) is 151 cm³/mol. The van der Waals surface area contributed by atoms with Gasteiger partial charge >= 0.3 is 5.97 Å². The molecule has 38 heavy (non-hydrogen) atoms. The lowest BCUT2D eigenvalue weighted by molar-refractivity contribution is -0.136. The van der Waals surface area contributed by atoms with Gasteiger partial charge in [0.1, 0.15) is 0 Å². The molecule has 0 unspecified atom stereocenters. The van der Waals surface area contributed by atoms with Crippen LogP contribution in [-0.4, -0.2) is 55.0 Å². The molecule has 0 saturated carbocycles. The predicted octanol–water partition coefficient (Wildman–Crippen LogP) is 4.81. The van der Waals surface area contributed by atoms with Gasteiger partial charge in [-0.2, -0.15) is 0 Å². The van der Waals surface area contributed by atoms with E-state index in [9.17, 15) is 14.4 Å². The standard InChI is InChI=1S/C29H29ClN4O4/c1-18(35)34(15-14-33(2)3)23-11-9-22(10-12-23)31-28(20-6-4-19(5-7-20)16-26(36)37)27-24-13-8-21(30)17-25(24)32-29(27)38/h4-13,17,31H,14-16H2,1-3H3,(H,32,38)(H,36,37)/b28-27-. The highest BCUT2D eigenvalue weighted by molar-refractivity contribution is 6.38. The fraction of sp³-hybridized carbons (Fsp3) is 0.207. The SMILES string of the molecule is CC(=O)N(CCN(C)C)c1ccc(N/C(=C2\C(=O)Nc3cc(Cl)ccc32)c2ccc(CC(=O)O)cc2)cc1. The number of nitrogens with one attached hydrogen (secondary N) is 2. The molecule has 196 valence electrons. The summed E-state index contributed by atoms with van der Waals surface area (Å²) in [6.45, 7) is 2.83. The van der Waals surface area contributed by atoms with Crippen molar-refractivity contribution in [2.24, 2.45) is 0 Å². The van der Waals surface area contributed by atoms with Crippen LogP contribution in [0.4, 0.5) is 17.1 Å². The van der Waals surface area contributed by atoms with Gasteiger partial charge in [0.15, 0.2) is 0 Å². The zero-order valence-corrected chi connectivity index (χ0v) is 22.2. The van der Waals surface area contributed by atoms with Gasteiger partial charge in [-0.05, 0) is 61.6 Å². The lowest BCUT2D eigenvalue weighted by Gasteiger charge is -2.23. The molecule has 0 atom stereocenters. The van der Waals surface area contributed by atoms with Crippen LogP contribution in [0.1, 0.15) is 23.6 Å². The quantitative estimate of drug-likeness (QED) is 0.342. The van der Waals surface area contributed by atoms with Crippen LogP contribution in [0.3, 0.4) is 0 Å². The average molecular weight is 533 g/mol. The summed E-state index contributed by atoms with van der Waals surface area (Å²) in [6.07, 6.45) is -0.0939. The molecule has 3 aromatic carbocycles. The Labute approximate surface area is 226 Å². The van der Waals surface area contributed by atoms with Crippen LogP contribution >= 0.6 is 11.6 Å². The molecule has 8 nitrogen and oxygen atoms in total. The summed E-state index contributed by atoms with van der Waals surface area (Å²) in [7, 11) is 3.92. The summed E-state index contributed by atoms with van der Waals surface area (Å²) >= 11 is 6.14. The number of nitrogens with zero attached hydrogens (tertiary/aromatic N) is 2. The van der Waals surface area contributed by atoms with E-state index in [1.165, 1.54) is 0 Å². The van der Waals surface area contributed by atoms with Crippen molar-refractivity contribution < 1.29 is 19.5 Å². The molecule has 0 fully saturated rings. The van der Waals surface area contributed by atoms with E-state index in [1.54, 1.807) is 54.3 Å². The summed E-state index contributed by atoms with van der Waals surface area (Å²) in [5.41, 5.74) is 5.20. The summed E-state index contributed by atoms with van der Waals surface area (Å²) < 4.78 is 0. The van der Waals surface area contributed by atoms with Gasteiger partial charge in [-0.25, -0.2) is 0 Å². The van der Waals surface area contributed by atoms with Crippen molar-refractivity contribution in [3.8, 4) is 0 Å². The number of carboxylic acids is 1. The van der Waals surface area contributed by atoms with Crippen molar-refractivity contribution >= 4 is 57.7 Å². The van der Waals surface area contributed by atoms with E-state index in [1.807, 2.05) is 43.3 Å². The van der Waals surface area contributed by atoms with Crippen molar-refractivity contribution in [3.63, 3.8) is 0 Å². The van der Waals surface area contributed by atoms with E-state index >= 15 is 0 Å². The Balaban J connectivity index is 1.72. The van der Waals surface area contributed by atoms with E-state index in [0.717, 1.165) is 17.9 Å². The molecular weight excluding hydrogens is 504 g/mol. The normalized spacial score (nSPS) is 13.7. The second-order valence-corrected chi connectivity index (χ2v) is 9.74. The smallest absolute Gasteiger partial charge is 0.307 e. The third-order valence-corrected chi connectivity index (χ3v) is 6.41. The molecule has 1 heterocycles. The van der Waals surface area contributed by atoms with Crippen LogP contribution < -0.4 is 15.5 Å². The van der Waals surface area contributed by atoms with Crippen molar-refractivity contribution in [3.05, 3.63) is 88.4 Å². The van der Waals surface area contributed by atoms with Gasteiger partial charge < -0.3 is 25.5 Å². The Bertz CT molecular complexity index is 1400. The van der Waals surface area contributed by atoms with Gasteiger partial charge in [0.25, 0.3) is 5.91 Å². The number of carbonyl (C=O) groups excluding carboxylic acids is 2. The number of likely N-dealkylation sites (N-methyl/N-ethyl adjacent to an activating group) is 1. The first kappa shape index (κ1) is 26.9. The molecule has 1 aliphatic heterocycles. The molecule has 9 heteroatoms. The highest BCUT2D eigenvalue weighted by Gasteiger charge is 2.28. The average Bonchev–Trinajstić information content (AvgIpc) is 3.17. The summed E-state index contributed by atoms with van der Waals surface area (Å²) in [4.78, 5) is 40.2. The Hall–Kier alpha value is -4.14. The molecule has 0 saturated heterocycles. The van der Waals surface area contributed by atoms with Crippen molar-refractivity contribution in [2.75, 3.05) is 42.7 Å². The number of amides is 2. The van der Waals surface area contributed by atoms with Crippen LogP contribution in [-0.2, 0) is 20.8 Å². The first-order valence-corrected chi connectivity index (χ1v) is 12.5. The topological polar surface area (TPSA) is 102 Å². The van der Waals surface area contributed by atoms with Gasteiger partial charge in [0.05, 0.1) is 23.4 Å². The Kier molecular flexibility index (Phi) is 8.14. The number of hydrogen-bond donors (Lipinski definition) is 3. The van der Waals surface area contributed by atoms with E-state index in [-0.39, 0.29) is 18.2 Å². The number of hydrogen-bond acceptors (Lipinski definition) is 5. The zero-order valence-electron chi connectivity index (χ0n) is 21.4. The van der Waals surface area contributed by atoms with Crippen LogP contribution in [0.15, 0.2) is 66.7 Å². The number of rotatable bonds is 9. The number of aliphatic carboxylic acids is 1. The number of carbonyl (C=O) groups is 3. The molecule has 0 spiro atoms. The molecule has 0 bridgehead atoms. The van der Waals surface area contributed by atoms with E-state index in [0.29, 0.717) is 45.2 Å². The number of halogens is 1. The van der Waals surface area contributed by atoms with Crippen molar-refractivity contribution in [1.29, 1.82) is 0 Å². The van der Waals surface area contributed by atoms with Crippen LogP contribution in [0.5, 0.6) is 0 Å². The molecule has 2 amide bonds. The number of fused-ring (bicyclic) bond motifs is 1. The Morgan fingerprint density at radius 2 is 1.66 bits per heavy atom. The largest absolute Gasteiger partial charge is 0.481 e. The lowest BCUT2D eigenvalue weighted by atomic mass is 9.98. The van der Waals surface area contributed by atoms with E-state index in [2.05, 4.69) is 10.6 Å². The Morgan fingerprint density at radius 1 is 0.974 bits per heavy atom. The fourth-order valence-electron chi connectivity index (χ4n) is 4.27. The number of benzene rings is 3. The van der Waals surface area contributed by atoms with Crippen molar-refractivity contribution in [2.45, 2.75) is 13.3 Å². The highest BCUT2D eigenvalue weighted by Crippen LogP contribution is 2.39. The van der Waals surface area contributed by atoms with Gasteiger partial charge in [0, 0.05) is 42.0 Å². The first-order valence-electron chi connectivity index (χ1n) is 12.1. The highest BCUT2D eigenvalue weighted by atomic mass is 35.5. The van der Waals surface area contributed by atoms with Crippen LogP contribution in [0.25, 0.3) is 11.3 Å². The summed E-state index contributed by atoms with van der Waals surface area (Å²) in [6, 6.07) is 19.7. The zero-order chi connectivity index (χ0) is 27.4. The minimum absolute atomic E-state index is 0.0466. The van der Waals surface area contributed by atoms with Gasteiger partial charge in [-0.3, -0.25) is 14.4 Å². The number of carboxylic acid groups (broad SMARTS) is 1. The molecule has 0 aromatic heterocycles. The molecule has 3 N–H and O–H groups in total. The molecule has 0 aliphatic carbocycles. The third-order valence-electron chi connectivity index (χ3n) is 6.17. The first-order chi connectivity index (χ1) is 18.1. The maximum atomic E-state index is 13.1. The Morgan fingerprint density at radius 3 is 2.26 bits per heavy atom. The van der Waals surface area contributed by atoms with Gasteiger partial charge in [-0.1, -0.05) is 41.9 Å². The van der Waals surface area contributed by atoms with Crippen LogP contribution in [0, 0.1) is 0 Å². The van der Waals surface area contributed by atoms with E-state index < -0.39 is 5.97 Å². The molecule has 0 radical (unpaired) electrons. The fourth-order valence-corrected chi connectivity index (χ4v) is 4.45. The second-order valence-electron chi connectivity index (χ2n) is 9.31.